The third-order valence-electron chi connectivity index (χ3n) is 4.58. The van der Waals surface area contributed by atoms with Crippen molar-refractivity contribution in [1.29, 1.82) is 0 Å². The SMILES string of the molecule is COc1ccc(/C=N\NC(=S)Nc2c(C)n(C)n(-c3ccccc3)c2=O)cc1OC. The minimum atomic E-state index is -0.200. The zero-order valence-electron chi connectivity index (χ0n) is 17.2. The molecule has 3 rings (SSSR count). The van der Waals surface area contributed by atoms with Crippen molar-refractivity contribution in [3.05, 3.63) is 70.1 Å². The van der Waals surface area contributed by atoms with E-state index in [1.54, 1.807) is 41.9 Å². The Kier molecular flexibility index (Phi) is 6.53. The summed E-state index contributed by atoms with van der Waals surface area (Å²) in [7, 11) is 4.97. The van der Waals surface area contributed by atoms with Gasteiger partial charge in [0.25, 0.3) is 5.56 Å². The average molecular weight is 426 g/mol. The first-order valence-electron chi connectivity index (χ1n) is 9.12. The number of thiocarbonyl (C=S) groups is 1. The van der Waals surface area contributed by atoms with Crippen LogP contribution >= 0.6 is 12.2 Å². The molecule has 0 bridgehead atoms. The maximum atomic E-state index is 12.9. The summed E-state index contributed by atoms with van der Waals surface area (Å²) in [5, 5.41) is 7.28. The Morgan fingerprint density at radius 2 is 1.80 bits per heavy atom. The highest BCUT2D eigenvalue weighted by Crippen LogP contribution is 2.26. The lowest BCUT2D eigenvalue weighted by molar-refractivity contribution is 0.355. The molecule has 1 aromatic heterocycles. The summed E-state index contributed by atoms with van der Waals surface area (Å²) in [5.41, 5.74) is 5.23. The molecule has 0 unspecified atom stereocenters. The number of hydrazone groups is 1. The number of anilines is 1. The predicted molar refractivity (Wildman–Crippen MR) is 122 cm³/mol. The summed E-state index contributed by atoms with van der Waals surface area (Å²) < 4.78 is 13.8. The van der Waals surface area contributed by atoms with E-state index in [0.29, 0.717) is 17.2 Å². The summed E-state index contributed by atoms with van der Waals surface area (Å²) in [4.78, 5) is 12.9. The number of para-hydroxylation sites is 1. The Hall–Kier alpha value is -3.59. The van der Waals surface area contributed by atoms with Gasteiger partial charge < -0.3 is 14.8 Å². The molecule has 0 amide bonds. The van der Waals surface area contributed by atoms with Crippen LogP contribution in [0.3, 0.4) is 0 Å². The van der Waals surface area contributed by atoms with Gasteiger partial charge in [-0.3, -0.25) is 14.9 Å². The van der Waals surface area contributed by atoms with E-state index in [1.165, 1.54) is 0 Å². The van der Waals surface area contributed by atoms with Crippen molar-refractivity contribution < 1.29 is 9.47 Å². The molecule has 0 fully saturated rings. The largest absolute Gasteiger partial charge is 0.493 e. The first kappa shape index (κ1) is 21.1. The van der Waals surface area contributed by atoms with Crippen LogP contribution in [0.15, 0.2) is 58.4 Å². The van der Waals surface area contributed by atoms with Gasteiger partial charge in [0.15, 0.2) is 16.6 Å². The summed E-state index contributed by atoms with van der Waals surface area (Å²) in [6.45, 7) is 1.85. The second kappa shape index (κ2) is 9.27. The molecule has 9 heteroatoms. The topological polar surface area (TPSA) is 81.8 Å². The van der Waals surface area contributed by atoms with E-state index in [9.17, 15) is 4.79 Å². The maximum absolute atomic E-state index is 12.9. The highest BCUT2D eigenvalue weighted by atomic mass is 32.1. The van der Waals surface area contributed by atoms with E-state index < -0.39 is 0 Å². The van der Waals surface area contributed by atoms with Crippen LogP contribution in [0, 0.1) is 6.92 Å². The number of aromatic nitrogens is 2. The van der Waals surface area contributed by atoms with Crippen LogP contribution in [0.1, 0.15) is 11.3 Å². The van der Waals surface area contributed by atoms with Crippen LogP contribution in [0.5, 0.6) is 11.5 Å². The number of hydrogen-bond donors (Lipinski definition) is 2. The van der Waals surface area contributed by atoms with Crippen LogP contribution in [0.4, 0.5) is 5.69 Å². The Morgan fingerprint density at radius 1 is 1.10 bits per heavy atom. The van der Waals surface area contributed by atoms with E-state index in [0.717, 1.165) is 16.9 Å². The predicted octanol–water partition coefficient (Wildman–Crippen LogP) is 2.82. The Labute approximate surface area is 179 Å². The number of rotatable bonds is 6. The molecular formula is C21H23N5O3S. The van der Waals surface area contributed by atoms with Gasteiger partial charge in [-0.05, 0) is 55.0 Å². The maximum Gasteiger partial charge on any atom is 0.295 e. The van der Waals surface area contributed by atoms with Crippen LogP contribution in [0.25, 0.3) is 5.69 Å². The second-order valence-electron chi connectivity index (χ2n) is 6.38. The van der Waals surface area contributed by atoms with E-state index in [4.69, 9.17) is 21.7 Å². The summed E-state index contributed by atoms with van der Waals surface area (Å²) >= 11 is 5.29. The second-order valence-corrected chi connectivity index (χ2v) is 6.78. The summed E-state index contributed by atoms with van der Waals surface area (Å²) in [6.07, 6.45) is 1.59. The summed E-state index contributed by atoms with van der Waals surface area (Å²) in [6, 6.07) is 14.8. The smallest absolute Gasteiger partial charge is 0.295 e. The first-order chi connectivity index (χ1) is 14.5. The van der Waals surface area contributed by atoms with Crippen LogP contribution in [-0.4, -0.2) is 34.9 Å². The van der Waals surface area contributed by atoms with Gasteiger partial charge in [0.1, 0.15) is 5.69 Å². The van der Waals surface area contributed by atoms with Crippen molar-refractivity contribution in [3.8, 4) is 17.2 Å². The van der Waals surface area contributed by atoms with Gasteiger partial charge in [-0.2, -0.15) is 5.10 Å². The molecule has 0 aliphatic rings. The molecule has 3 aromatic rings. The van der Waals surface area contributed by atoms with Crippen molar-refractivity contribution in [2.45, 2.75) is 6.92 Å². The van der Waals surface area contributed by atoms with Gasteiger partial charge in [0, 0.05) is 7.05 Å². The number of nitrogens with zero attached hydrogens (tertiary/aromatic N) is 3. The minimum Gasteiger partial charge on any atom is -0.493 e. The highest BCUT2D eigenvalue weighted by Gasteiger charge is 2.16. The van der Waals surface area contributed by atoms with Gasteiger partial charge in [-0.1, -0.05) is 18.2 Å². The number of methoxy groups -OCH3 is 2. The molecule has 0 atom stereocenters. The molecule has 8 nitrogen and oxygen atoms in total. The molecule has 0 saturated carbocycles. The quantitative estimate of drug-likeness (QED) is 0.359. The van der Waals surface area contributed by atoms with Crippen LogP contribution < -0.4 is 25.8 Å². The fourth-order valence-corrected chi connectivity index (χ4v) is 3.11. The molecule has 0 aliphatic carbocycles. The molecule has 1 heterocycles. The lowest BCUT2D eigenvalue weighted by Crippen LogP contribution is -2.28. The van der Waals surface area contributed by atoms with E-state index in [-0.39, 0.29) is 10.7 Å². The number of nitrogens with one attached hydrogen (secondary N) is 2. The molecule has 0 radical (unpaired) electrons. The highest BCUT2D eigenvalue weighted by molar-refractivity contribution is 7.80. The molecule has 2 aromatic carbocycles. The van der Waals surface area contributed by atoms with Gasteiger partial charge in [-0.25, -0.2) is 4.68 Å². The van der Waals surface area contributed by atoms with E-state index in [1.807, 2.05) is 50.4 Å². The monoisotopic (exact) mass is 425 g/mol. The standard InChI is InChI=1S/C21H23N5O3S/c1-14-19(20(27)26(25(14)2)16-8-6-5-7-9-16)23-21(30)24-22-13-15-10-11-17(28-3)18(12-15)29-4/h5-13H,1-4H3,(H2,23,24,30)/b22-13-. The van der Waals surface area contributed by atoms with E-state index in [2.05, 4.69) is 15.8 Å². The molecular weight excluding hydrogens is 402 g/mol. The van der Waals surface area contributed by atoms with Crippen molar-refractivity contribution in [3.63, 3.8) is 0 Å². The van der Waals surface area contributed by atoms with Gasteiger partial charge in [-0.15, -0.1) is 0 Å². The Bertz CT molecular complexity index is 1140. The third-order valence-corrected chi connectivity index (χ3v) is 4.77. The number of benzene rings is 2. The summed E-state index contributed by atoms with van der Waals surface area (Å²) in [5.74, 6) is 1.23. The molecule has 30 heavy (non-hydrogen) atoms. The van der Waals surface area contributed by atoms with Gasteiger partial charge >= 0.3 is 0 Å². The van der Waals surface area contributed by atoms with Crippen molar-refractivity contribution >= 4 is 29.2 Å². The lowest BCUT2D eigenvalue weighted by Gasteiger charge is -2.08. The molecule has 0 spiro atoms. The molecule has 2 N–H and O–H groups in total. The molecule has 156 valence electrons. The zero-order valence-corrected chi connectivity index (χ0v) is 18.0. The Morgan fingerprint density at radius 3 is 2.47 bits per heavy atom. The Balaban J connectivity index is 1.73. The van der Waals surface area contributed by atoms with Crippen molar-refractivity contribution in [2.24, 2.45) is 12.1 Å². The number of ether oxygens (including phenoxy) is 2. The zero-order chi connectivity index (χ0) is 21.7. The first-order valence-corrected chi connectivity index (χ1v) is 9.53. The lowest BCUT2D eigenvalue weighted by atomic mass is 10.2. The van der Waals surface area contributed by atoms with Crippen LogP contribution in [0.2, 0.25) is 0 Å². The van der Waals surface area contributed by atoms with Crippen molar-refractivity contribution in [2.75, 3.05) is 19.5 Å². The normalized spacial score (nSPS) is 10.8. The van der Waals surface area contributed by atoms with E-state index >= 15 is 0 Å². The molecule has 0 saturated heterocycles. The number of hydrogen-bond acceptors (Lipinski definition) is 5. The fourth-order valence-electron chi connectivity index (χ4n) is 2.95. The van der Waals surface area contributed by atoms with Crippen molar-refractivity contribution in [1.82, 2.24) is 14.8 Å². The fraction of sp³-hybridized carbons (Fsp3) is 0.190. The third kappa shape index (κ3) is 4.36. The minimum absolute atomic E-state index is 0.200. The average Bonchev–Trinajstić information content (AvgIpc) is 2.97. The van der Waals surface area contributed by atoms with Crippen LogP contribution in [-0.2, 0) is 7.05 Å². The van der Waals surface area contributed by atoms with Gasteiger partial charge in [0.2, 0.25) is 0 Å². The molecule has 0 aliphatic heterocycles. The van der Waals surface area contributed by atoms with Gasteiger partial charge in [0.05, 0.1) is 31.8 Å².